The largest absolute Gasteiger partial charge is 0.478 e. The van der Waals surface area contributed by atoms with Gasteiger partial charge in [0.15, 0.2) is 0 Å². The standard InChI is InChI=1S/C3H3ClO2.CH4O/c4-2-1-3(5)6;1-2/h1-2H,(H,5,6);2H,1H3. The number of carboxylic acids is 1. The molecular formula is C4H7ClO3. The Bertz CT molecular complexity index is 79.4. The molecule has 8 heavy (non-hydrogen) atoms. The third kappa shape index (κ3) is 17.9. The lowest BCUT2D eigenvalue weighted by atomic mass is 10.7. The van der Waals surface area contributed by atoms with Gasteiger partial charge in [-0.25, -0.2) is 4.79 Å². The van der Waals surface area contributed by atoms with Crippen molar-refractivity contribution >= 4 is 17.6 Å². The molecule has 0 radical (unpaired) electrons. The van der Waals surface area contributed by atoms with E-state index < -0.39 is 5.97 Å². The highest BCUT2D eigenvalue weighted by molar-refractivity contribution is 6.26. The van der Waals surface area contributed by atoms with E-state index in [0.29, 0.717) is 0 Å². The summed E-state index contributed by atoms with van der Waals surface area (Å²) in [5.41, 5.74) is 0.947. The van der Waals surface area contributed by atoms with Gasteiger partial charge in [-0.15, -0.1) is 0 Å². The molecule has 0 rings (SSSR count). The first-order valence-electron chi connectivity index (χ1n) is 1.72. The van der Waals surface area contributed by atoms with Crippen LogP contribution in [-0.2, 0) is 4.79 Å². The molecule has 0 aliphatic heterocycles. The number of rotatable bonds is 1. The quantitative estimate of drug-likeness (QED) is 0.517. The van der Waals surface area contributed by atoms with E-state index in [1.807, 2.05) is 0 Å². The normalized spacial score (nSPS) is 7.88. The summed E-state index contributed by atoms with van der Waals surface area (Å²) in [4.78, 5) is 9.43. The maximum Gasteiger partial charge on any atom is 0.329 e. The predicted octanol–water partition coefficient (Wildman–Crippen LogP) is 0.432. The topological polar surface area (TPSA) is 57.5 Å². The van der Waals surface area contributed by atoms with E-state index in [4.69, 9.17) is 21.8 Å². The molecule has 0 amide bonds. The average Bonchev–Trinajstić information content (AvgIpc) is 1.72. The Balaban J connectivity index is 0. The fourth-order valence-electron chi connectivity index (χ4n) is 0.0539. The number of aliphatic hydroxyl groups excluding tert-OH is 1. The Morgan fingerprint density at radius 2 is 2.00 bits per heavy atom. The van der Waals surface area contributed by atoms with Crippen LogP contribution in [0, 0.1) is 0 Å². The molecule has 0 aliphatic carbocycles. The molecule has 3 nitrogen and oxygen atoms in total. The number of aliphatic carboxylic acids is 1. The van der Waals surface area contributed by atoms with E-state index >= 15 is 0 Å². The molecule has 2 N–H and O–H groups in total. The molecule has 48 valence electrons. The van der Waals surface area contributed by atoms with Crippen LogP contribution in [0.2, 0.25) is 0 Å². The van der Waals surface area contributed by atoms with Gasteiger partial charge in [0.2, 0.25) is 0 Å². The molecule has 0 aromatic rings. The van der Waals surface area contributed by atoms with Crippen LogP contribution in [0.3, 0.4) is 0 Å². The second-order valence-corrected chi connectivity index (χ2v) is 0.883. The van der Waals surface area contributed by atoms with Crippen LogP contribution in [0.1, 0.15) is 0 Å². The molecule has 0 bridgehead atoms. The van der Waals surface area contributed by atoms with Gasteiger partial charge in [-0.2, -0.15) is 0 Å². The minimum atomic E-state index is -1.02. The number of hydrogen-bond acceptors (Lipinski definition) is 2. The summed E-state index contributed by atoms with van der Waals surface area (Å²) in [6, 6.07) is 0. The zero-order chi connectivity index (χ0) is 6.99. The van der Waals surface area contributed by atoms with Crippen LogP contribution in [0.4, 0.5) is 0 Å². The third-order valence-electron chi connectivity index (χ3n) is 0.206. The van der Waals surface area contributed by atoms with Crippen molar-refractivity contribution < 1.29 is 15.0 Å². The summed E-state index contributed by atoms with van der Waals surface area (Å²) in [5, 5.41) is 14.7. The fourth-order valence-corrected chi connectivity index (χ4v) is 0.162. The van der Waals surface area contributed by atoms with Gasteiger partial charge in [0.25, 0.3) is 0 Å². The van der Waals surface area contributed by atoms with Gasteiger partial charge >= 0.3 is 5.97 Å². The van der Waals surface area contributed by atoms with Crippen LogP contribution in [-0.4, -0.2) is 23.3 Å². The van der Waals surface area contributed by atoms with Gasteiger partial charge in [0.05, 0.1) is 0 Å². The van der Waals surface area contributed by atoms with E-state index in [9.17, 15) is 4.79 Å². The van der Waals surface area contributed by atoms with Crippen LogP contribution in [0.25, 0.3) is 0 Å². The SMILES string of the molecule is CO.O=C(O)C=CCl. The Morgan fingerprint density at radius 3 is 2.00 bits per heavy atom. The zero-order valence-electron chi connectivity index (χ0n) is 4.34. The highest BCUT2D eigenvalue weighted by Crippen LogP contribution is 1.74. The molecule has 0 saturated heterocycles. The predicted molar refractivity (Wildman–Crippen MR) is 30.8 cm³/mol. The van der Waals surface area contributed by atoms with Crippen LogP contribution in [0.5, 0.6) is 0 Å². The van der Waals surface area contributed by atoms with Gasteiger partial charge < -0.3 is 10.2 Å². The second kappa shape index (κ2) is 9.68. The van der Waals surface area contributed by atoms with E-state index in [1.165, 1.54) is 0 Å². The smallest absolute Gasteiger partial charge is 0.329 e. The molecule has 0 aromatic heterocycles. The van der Waals surface area contributed by atoms with E-state index in [1.54, 1.807) is 0 Å². The number of carboxylic acid groups (broad SMARTS) is 1. The Labute approximate surface area is 52.2 Å². The van der Waals surface area contributed by atoms with E-state index in [0.717, 1.165) is 18.7 Å². The van der Waals surface area contributed by atoms with Crippen molar-refractivity contribution in [1.29, 1.82) is 0 Å². The zero-order valence-corrected chi connectivity index (χ0v) is 5.09. The van der Waals surface area contributed by atoms with Crippen molar-refractivity contribution in [1.82, 2.24) is 0 Å². The molecule has 0 saturated carbocycles. The highest BCUT2D eigenvalue weighted by atomic mass is 35.5. The number of halogens is 1. The summed E-state index contributed by atoms with van der Waals surface area (Å²) in [5.74, 6) is -1.02. The molecule has 0 aromatic carbocycles. The van der Waals surface area contributed by atoms with Crippen molar-refractivity contribution in [2.75, 3.05) is 7.11 Å². The molecule has 0 heterocycles. The van der Waals surface area contributed by atoms with Gasteiger partial charge in [-0.3, -0.25) is 0 Å². The first-order valence-corrected chi connectivity index (χ1v) is 2.15. The van der Waals surface area contributed by atoms with Crippen LogP contribution in [0.15, 0.2) is 11.6 Å². The number of hydrogen-bond donors (Lipinski definition) is 2. The summed E-state index contributed by atoms with van der Waals surface area (Å²) < 4.78 is 0. The summed E-state index contributed by atoms with van der Waals surface area (Å²) in [6.07, 6.45) is 0.849. The average molecular weight is 139 g/mol. The van der Waals surface area contributed by atoms with Crippen LogP contribution < -0.4 is 0 Å². The first-order chi connectivity index (χ1) is 3.77. The maximum atomic E-state index is 9.43. The van der Waals surface area contributed by atoms with Crippen molar-refractivity contribution in [2.24, 2.45) is 0 Å². The minimum Gasteiger partial charge on any atom is -0.478 e. The lowest BCUT2D eigenvalue weighted by molar-refractivity contribution is -0.131. The molecule has 0 aliphatic rings. The summed E-state index contributed by atoms with van der Waals surface area (Å²) >= 11 is 4.84. The summed E-state index contributed by atoms with van der Waals surface area (Å²) in [6.45, 7) is 0. The number of carbonyl (C=O) groups is 1. The Morgan fingerprint density at radius 1 is 1.62 bits per heavy atom. The third-order valence-corrected chi connectivity index (χ3v) is 0.332. The fraction of sp³-hybridized carbons (Fsp3) is 0.250. The Kier molecular flexibility index (Phi) is 12.6. The highest BCUT2D eigenvalue weighted by Gasteiger charge is 1.77. The van der Waals surface area contributed by atoms with Crippen LogP contribution >= 0.6 is 11.6 Å². The molecule has 0 unspecified atom stereocenters. The van der Waals surface area contributed by atoms with E-state index in [-0.39, 0.29) is 0 Å². The van der Waals surface area contributed by atoms with Crippen molar-refractivity contribution in [3.05, 3.63) is 11.6 Å². The van der Waals surface area contributed by atoms with E-state index in [2.05, 4.69) is 0 Å². The van der Waals surface area contributed by atoms with Gasteiger partial charge in [0.1, 0.15) is 0 Å². The maximum absolute atomic E-state index is 9.43. The molecule has 0 fully saturated rings. The molecule has 4 heteroatoms. The molecular weight excluding hydrogens is 131 g/mol. The first kappa shape index (κ1) is 10.4. The van der Waals surface area contributed by atoms with Gasteiger partial charge in [0, 0.05) is 18.7 Å². The van der Waals surface area contributed by atoms with Gasteiger partial charge in [-0.05, 0) is 0 Å². The van der Waals surface area contributed by atoms with Crippen molar-refractivity contribution in [3.8, 4) is 0 Å². The monoisotopic (exact) mass is 138 g/mol. The van der Waals surface area contributed by atoms with Gasteiger partial charge in [-0.1, -0.05) is 11.6 Å². The number of aliphatic hydroxyl groups is 1. The van der Waals surface area contributed by atoms with Crippen molar-refractivity contribution in [3.63, 3.8) is 0 Å². The molecule has 0 atom stereocenters. The summed E-state index contributed by atoms with van der Waals surface area (Å²) in [7, 11) is 1.00. The molecule has 0 spiro atoms. The van der Waals surface area contributed by atoms with Crippen molar-refractivity contribution in [2.45, 2.75) is 0 Å². The minimum absolute atomic E-state index is 0.849. The lowest BCUT2D eigenvalue weighted by Crippen LogP contribution is -1.83. The Hall–Kier alpha value is -0.540. The lowest BCUT2D eigenvalue weighted by Gasteiger charge is -1.67. The second-order valence-electron chi connectivity index (χ2n) is 0.631.